The minimum absolute atomic E-state index is 0.191. The monoisotopic (exact) mass is 505 g/mol. The van der Waals surface area contributed by atoms with Crippen molar-refractivity contribution in [2.45, 2.75) is 44.4 Å². The van der Waals surface area contributed by atoms with Crippen molar-refractivity contribution in [1.82, 2.24) is 14.3 Å². The molecule has 1 aliphatic rings. The van der Waals surface area contributed by atoms with E-state index >= 15 is 0 Å². The number of sulfonamides is 1. The van der Waals surface area contributed by atoms with E-state index in [-0.39, 0.29) is 19.6 Å². The number of rotatable bonds is 6. The molecule has 0 fully saturated rings. The maximum absolute atomic E-state index is 13.6. The van der Waals surface area contributed by atoms with Crippen molar-refractivity contribution in [3.05, 3.63) is 83.4 Å². The second-order valence-corrected chi connectivity index (χ2v) is 10.5. The fourth-order valence-corrected chi connectivity index (χ4v) is 5.26. The highest BCUT2D eigenvalue weighted by molar-refractivity contribution is 7.89. The van der Waals surface area contributed by atoms with Gasteiger partial charge in [0.25, 0.3) is 0 Å². The maximum Gasteiger partial charge on any atom is 0.511 e. The summed E-state index contributed by atoms with van der Waals surface area (Å²) in [7, 11) is -5.54. The Morgan fingerprint density at radius 2 is 1.74 bits per heavy atom. The summed E-state index contributed by atoms with van der Waals surface area (Å²) in [5, 5.41) is 0. The minimum Gasteiger partial charge on any atom is -0.396 e. The molecule has 7 nitrogen and oxygen atoms in total. The van der Waals surface area contributed by atoms with Crippen LogP contribution in [0.25, 0.3) is 0 Å². The van der Waals surface area contributed by atoms with Gasteiger partial charge in [-0.2, -0.15) is 17.5 Å². The van der Waals surface area contributed by atoms with Crippen LogP contribution in [0.5, 0.6) is 0 Å². The van der Waals surface area contributed by atoms with Crippen molar-refractivity contribution in [2.75, 3.05) is 17.2 Å². The van der Waals surface area contributed by atoms with Crippen LogP contribution >= 0.6 is 0 Å². The van der Waals surface area contributed by atoms with E-state index in [1.807, 2.05) is 41.3 Å². The molecule has 11 heteroatoms. The molecule has 0 saturated carbocycles. The fourth-order valence-electron chi connectivity index (χ4n) is 4.30. The third-order valence-electron chi connectivity index (χ3n) is 6.16. The molecule has 4 rings (SSSR count). The van der Waals surface area contributed by atoms with Gasteiger partial charge in [0.2, 0.25) is 0 Å². The van der Waals surface area contributed by atoms with Gasteiger partial charge >= 0.3 is 15.5 Å². The summed E-state index contributed by atoms with van der Waals surface area (Å²) in [6.07, 6.45) is 3.93. The Kier molecular flexibility index (Phi) is 7.00. The predicted molar refractivity (Wildman–Crippen MR) is 128 cm³/mol. The standard InChI is InChI=1S/C24H26F3N5O2S/c1-17-6-5-9-22-21(17)15-31(35(33,34)24(25,26)27)14-20(11-10-18-7-3-2-4-8-18)32(22)16-23-29-12-19(28)13-30-23/h2-9,12-13,20H,10-11,14-16,28H2,1H3/t20-/m1/s1. The second kappa shape index (κ2) is 9.82. The number of hydrogen-bond donors (Lipinski definition) is 1. The number of benzene rings is 2. The van der Waals surface area contributed by atoms with Crippen LogP contribution in [0.2, 0.25) is 0 Å². The summed E-state index contributed by atoms with van der Waals surface area (Å²) < 4.78 is 66.5. The lowest BCUT2D eigenvalue weighted by atomic mass is 10.0. The number of halogens is 3. The molecular formula is C24H26F3N5O2S. The van der Waals surface area contributed by atoms with E-state index in [9.17, 15) is 21.6 Å². The van der Waals surface area contributed by atoms with Crippen LogP contribution in [0.3, 0.4) is 0 Å². The Morgan fingerprint density at radius 3 is 2.40 bits per heavy atom. The first-order valence-corrected chi connectivity index (χ1v) is 12.5. The molecule has 186 valence electrons. The van der Waals surface area contributed by atoms with Crippen molar-refractivity contribution >= 4 is 21.4 Å². The highest BCUT2D eigenvalue weighted by Crippen LogP contribution is 2.36. The van der Waals surface area contributed by atoms with Crippen LogP contribution in [-0.2, 0) is 29.5 Å². The van der Waals surface area contributed by atoms with E-state index < -0.39 is 21.6 Å². The molecule has 2 aromatic carbocycles. The maximum atomic E-state index is 13.6. The Bertz CT molecular complexity index is 1270. The summed E-state index contributed by atoms with van der Waals surface area (Å²) in [5.41, 5.74) is 3.62. The molecule has 35 heavy (non-hydrogen) atoms. The number of aryl methyl sites for hydroxylation is 2. The molecule has 0 amide bonds. The van der Waals surface area contributed by atoms with Gasteiger partial charge in [0.05, 0.1) is 24.6 Å². The lowest BCUT2D eigenvalue weighted by Gasteiger charge is -2.34. The third kappa shape index (κ3) is 5.40. The van der Waals surface area contributed by atoms with Gasteiger partial charge in [0.1, 0.15) is 5.82 Å². The van der Waals surface area contributed by atoms with Crippen molar-refractivity contribution in [1.29, 1.82) is 0 Å². The molecule has 2 N–H and O–H groups in total. The zero-order valence-electron chi connectivity index (χ0n) is 19.1. The average Bonchev–Trinajstić information content (AvgIpc) is 2.97. The van der Waals surface area contributed by atoms with E-state index in [0.717, 1.165) is 5.56 Å². The molecule has 0 radical (unpaired) electrons. The zero-order valence-corrected chi connectivity index (χ0v) is 19.9. The average molecular weight is 506 g/mol. The number of alkyl halides is 3. The number of nitrogen functional groups attached to an aromatic ring is 1. The Morgan fingerprint density at radius 1 is 1.06 bits per heavy atom. The van der Waals surface area contributed by atoms with Crippen LogP contribution in [-0.4, -0.2) is 40.8 Å². The zero-order chi connectivity index (χ0) is 25.2. The molecule has 1 aliphatic heterocycles. The Hall–Kier alpha value is -3.18. The highest BCUT2D eigenvalue weighted by atomic mass is 32.2. The number of anilines is 2. The van der Waals surface area contributed by atoms with Crippen LogP contribution in [0.15, 0.2) is 60.9 Å². The van der Waals surface area contributed by atoms with Crippen molar-refractivity contribution < 1.29 is 21.6 Å². The van der Waals surface area contributed by atoms with E-state index in [0.29, 0.717) is 45.5 Å². The summed E-state index contributed by atoms with van der Waals surface area (Å²) in [5.74, 6) is 0.434. The first-order chi connectivity index (χ1) is 16.6. The number of fused-ring (bicyclic) bond motifs is 1. The van der Waals surface area contributed by atoms with Gasteiger partial charge < -0.3 is 10.6 Å². The summed E-state index contributed by atoms with van der Waals surface area (Å²) in [6.45, 7) is 1.26. The van der Waals surface area contributed by atoms with Gasteiger partial charge in [-0.05, 0) is 42.5 Å². The molecule has 0 unspecified atom stereocenters. The van der Waals surface area contributed by atoms with Gasteiger partial charge in [0, 0.05) is 24.8 Å². The molecule has 3 aromatic rings. The second-order valence-electron chi connectivity index (χ2n) is 8.55. The predicted octanol–water partition coefficient (Wildman–Crippen LogP) is 4.04. The molecule has 1 aromatic heterocycles. The van der Waals surface area contributed by atoms with Crippen LogP contribution in [0.1, 0.15) is 28.9 Å². The first-order valence-electron chi connectivity index (χ1n) is 11.1. The van der Waals surface area contributed by atoms with Crippen LogP contribution in [0, 0.1) is 6.92 Å². The number of aromatic nitrogens is 2. The van der Waals surface area contributed by atoms with Gasteiger partial charge in [0.15, 0.2) is 0 Å². The van der Waals surface area contributed by atoms with Crippen LogP contribution in [0.4, 0.5) is 24.5 Å². The van der Waals surface area contributed by atoms with Gasteiger partial charge in [-0.15, -0.1) is 0 Å². The normalized spacial score (nSPS) is 17.1. The lowest BCUT2D eigenvalue weighted by Crippen LogP contribution is -2.47. The van der Waals surface area contributed by atoms with Gasteiger partial charge in [-0.25, -0.2) is 18.4 Å². The van der Waals surface area contributed by atoms with Gasteiger partial charge in [-0.1, -0.05) is 42.5 Å². The summed E-state index contributed by atoms with van der Waals surface area (Å²) >= 11 is 0. The number of nitrogens with zero attached hydrogens (tertiary/aromatic N) is 4. The minimum atomic E-state index is -5.54. The van der Waals surface area contributed by atoms with E-state index in [4.69, 9.17) is 5.73 Å². The molecule has 1 atom stereocenters. The molecule has 0 saturated heterocycles. The van der Waals surface area contributed by atoms with Gasteiger partial charge in [-0.3, -0.25) is 0 Å². The van der Waals surface area contributed by atoms with E-state index in [1.54, 1.807) is 19.1 Å². The van der Waals surface area contributed by atoms with E-state index in [2.05, 4.69) is 9.97 Å². The number of nitrogens with two attached hydrogens (primary N) is 1. The largest absolute Gasteiger partial charge is 0.511 e. The van der Waals surface area contributed by atoms with E-state index in [1.165, 1.54) is 12.4 Å². The molecule has 0 bridgehead atoms. The number of hydrogen-bond acceptors (Lipinski definition) is 6. The van der Waals surface area contributed by atoms with Crippen LogP contribution < -0.4 is 10.6 Å². The van der Waals surface area contributed by atoms with Crippen molar-refractivity contribution in [3.8, 4) is 0 Å². The topological polar surface area (TPSA) is 92.4 Å². The molecule has 0 spiro atoms. The SMILES string of the molecule is Cc1cccc2c1CN(S(=O)(=O)C(F)(F)F)C[C@@H](CCc1ccccc1)N2Cc1ncc(N)cn1. The Labute approximate surface area is 202 Å². The first kappa shape index (κ1) is 24.9. The smallest absolute Gasteiger partial charge is 0.396 e. The summed E-state index contributed by atoms with van der Waals surface area (Å²) in [4.78, 5) is 10.5. The van der Waals surface area contributed by atoms with Crippen molar-refractivity contribution in [2.24, 2.45) is 0 Å². The lowest BCUT2D eigenvalue weighted by molar-refractivity contribution is -0.0492. The van der Waals surface area contributed by atoms with Crippen molar-refractivity contribution in [3.63, 3.8) is 0 Å². The highest BCUT2D eigenvalue weighted by Gasteiger charge is 2.51. The molecule has 0 aliphatic carbocycles. The molecule has 2 heterocycles. The summed E-state index contributed by atoms with van der Waals surface area (Å²) in [6, 6.07) is 14.4. The quantitative estimate of drug-likeness (QED) is 0.544. The Balaban J connectivity index is 1.78. The third-order valence-corrected chi connectivity index (χ3v) is 7.71. The fraction of sp³-hybridized carbons (Fsp3) is 0.333. The molecular weight excluding hydrogens is 479 g/mol.